The fourth-order valence-electron chi connectivity index (χ4n) is 5.11. The number of aromatic nitrogens is 4. The predicted octanol–water partition coefficient (Wildman–Crippen LogP) is 6.50. The van der Waals surface area contributed by atoms with Crippen molar-refractivity contribution in [1.29, 1.82) is 0 Å². The van der Waals surface area contributed by atoms with E-state index in [4.69, 9.17) is 26.3 Å². The molecule has 9 heteroatoms. The number of ether oxygens (including phenoxy) is 1. The van der Waals surface area contributed by atoms with Crippen LogP contribution in [0.25, 0.3) is 5.69 Å². The van der Waals surface area contributed by atoms with Crippen molar-refractivity contribution in [1.82, 2.24) is 19.5 Å². The zero-order valence-electron chi connectivity index (χ0n) is 20.7. The second kappa shape index (κ2) is 9.67. The van der Waals surface area contributed by atoms with E-state index in [1.54, 1.807) is 19.6 Å². The standard InChI is InChI=1S/C28H28ClFN6O/c1-16(17-3-4-17)32-27-22-11-10-21(18-5-7-19(30)8-6-18)26(22)34-28(35-27)33-20-9-12-23(24(13-20)37-2)36-14-25(29)31-15-36/h5-9,12-17,21H,3-4,10-11H2,1-2H3,(H2,32,33,34,35)/t16-,21?/m0/s1. The lowest BCUT2D eigenvalue weighted by Crippen LogP contribution is -2.20. The van der Waals surface area contributed by atoms with Gasteiger partial charge in [-0.15, -0.1) is 0 Å². The van der Waals surface area contributed by atoms with Crippen LogP contribution in [0.3, 0.4) is 0 Å². The minimum atomic E-state index is -0.233. The van der Waals surface area contributed by atoms with E-state index in [0.717, 1.165) is 46.9 Å². The molecule has 190 valence electrons. The monoisotopic (exact) mass is 518 g/mol. The molecule has 1 fully saturated rings. The van der Waals surface area contributed by atoms with Gasteiger partial charge in [0.2, 0.25) is 5.95 Å². The van der Waals surface area contributed by atoms with Crippen molar-refractivity contribution in [3.05, 3.63) is 82.8 Å². The highest BCUT2D eigenvalue weighted by Crippen LogP contribution is 2.42. The van der Waals surface area contributed by atoms with Crippen molar-refractivity contribution in [2.75, 3.05) is 17.7 Å². The number of benzene rings is 2. The molecule has 0 spiro atoms. The van der Waals surface area contributed by atoms with Crippen LogP contribution < -0.4 is 15.4 Å². The molecule has 0 saturated heterocycles. The Morgan fingerprint density at radius 1 is 1.11 bits per heavy atom. The first-order valence-corrected chi connectivity index (χ1v) is 12.9. The lowest BCUT2D eigenvalue weighted by Gasteiger charge is -2.19. The molecular formula is C28H28ClFN6O. The molecule has 0 radical (unpaired) electrons. The number of fused-ring (bicyclic) bond motifs is 1. The summed E-state index contributed by atoms with van der Waals surface area (Å²) in [6.07, 6.45) is 7.67. The normalized spacial score (nSPS) is 17.4. The Morgan fingerprint density at radius 3 is 2.62 bits per heavy atom. The van der Waals surface area contributed by atoms with Gasteiger partial charge in [-0.25, -0.2) is 14.4 Å². The molecular weight excluding hydrogens is 491 g/mol. The molecule has 37 heavy (non-hydrogen) atoms. The first kappa shape index (κ1) is 23.7. The lowest BCUT2D eigenvalue weighted by atomic mass is 9.97. The van der Waals surface area contributed by atoms with Gasteiger partial charge in [-0.05, 0) is 68.4 Å². The summed E-state index contributed by atoms with van der Waals surface area (Å²) in [6, 6.07) is 12.9. The molecule has 0 aliphatic heterocycles. The summed E-state index contributed by atoms with van der Waals surface area (Å²) >= 11 is 6.00. The number of anilines is 3. The second-order valence-electron chi connectivity index (χ2n) is 9.79. The quantitative estimate of drug-likeness (QED) is 0.277. The van der Waals surface area contributed by atoms with Gasteiger partial charge in [0.25, 0.3) is 0 Å². The minimum Gasteiger partial charge on any atom is -0.494 e. The van der Waals surface area contributed by atoms with Gasteiger partial charge in [-0.3, -0.25) is 0 Å². The van der Waals surface area contributed by atoms with Crippen LogP contribution in [0.4, 0.5) is 21.8 Å². The third kappa shape index (κ3) is 4.85. The maximum Gasteiger partial charge on any atom is 0.229 e. The summed E-state index contributed by atoms with van der Waals surface area (Å²) in [5.41, 5.74) is 4.82. The fraction of sp³-hybridized carbons (Fsp3) is 0.321. The van der Waals surface area contributed by atoms with E-state index >= 15 is 0 Å². The Morgan fingerprint density at radius 2 is 1.92 bits per heavy atom. The predicted molar refractivity (Wildman–Crippen MR) is 143 cm³/mol. The molecule has 1 unspecified atom stereocenters. The Hall–Kier alpha value is -3.65. The average Bonchev–Trinajstić information content (AvgIpc) is 3.53. The summed E-state index contributed by atoms with van der Waals surface area (Å²) in [6.45, 7) is 2.22. The van der Waals surface area contributed by atoms with Gasteiger partial charge < -0.3 is 19.9 Å². The van der Waals surface area contributed by atoms with Crippen LogP contribution in [0.1, 0.15) is 48.9 Å². The van der Waals surface area contributed by atoms with Crippen molar-refractivity contribution < 1.29 is 9.13 Å². The molecule has 2 atom stereocenters. The number of hydrogen-bond donors (Lipinski definition) is 2. The molecule has 1 saturated carbocycles. The zero-order chi connectivity index (χ0) is 25.5. The zero-order valence-corrected chi connectivity index (χ0v) is 21.5. The van der Waals surface area contributed by atoms with Gasteiger partial charge in [0.05, 0.1) is 18.5 Å². The van der Waals surface area contributed by atoms with E-state index in [1.807, 2.05) is 34.9 Å². The van der Waals surface area contributed by atoms with E-state index in [2.05, 4.69) is 22.5 Å². The maximum absolute atomic E-state index is 13.6. The van der Waals surface area contributed by atoms with Crippen molar-refractivity contribution >= 4 is 29.1 Å². The van der Waals surface area contributed by atoms with Gasteiger partial charge in [-0.2, -0.15) is 4.98 Å². The van der Waals surface area contributed by atoms with Crippen LogP contribution in [-0.2, 0) is 6.42 Å². The summed E-state index contributed by atoms with van der Waals surface area (Å²) in [7, 11) is 1.63. The topological polar surface area (TPSA) is 76.9 Å². The molecule has 6 rings (SSSR count). The fourth-order valence-corrected chi connectivity index (χ4v) is 5.26. The van der Waals surface area contributed by atoms with Crippen molar-refractivity contribution in [3.63, 3.8) is 0 Å². The molecule has 2 aliphatic carbocycles. The highest BCUT2D eigenvalue weighted by Gasteiger charge is 2.33. The van der Waals surface area contributed by atoms with Gasteiger partial charge in [-0.1, -0.05) is 23.7 Å². The average molecular weight is 519 g/mol. The molecule has 2 aliphatic rings. The Kier molecular flexibility index (Phi) is 6.20. The Labute approximate surface area is 220 Å². The molecule has 0 amide bonds. The minimum absolute atomic E-state index is 0.0961. The highest BCUT2D eigenvalue weighted by atomic mass is 35.5. The third-order valence-corrected chi connectivity index (χ3v) is 7.48. The molecule has 7 nitrogen and oxygen atoms in total. The van der Waals surface area contributed by atoms with Crippen LogP contribution >= 0.6 is 11.6 Å². The first-order valence-electron chi connectivity index (χ1n) is 12.6. The largest absolute Gasteiger partial charge is 0.494 e. The number of methoxy groups -OCH3 is 1. The molecule has 4 aromatic rings. The van der Waals surface area contributed by atoms with E-state index in [1.165, 1.54) is 25.0 Å². The smallest absolute Gasteiger partial charge is 0.229 e. The Balaban J connectivity index is 1.35. The number of hydrogen-bond acceptors (Lipinski definition) is 6. The summed E-state index contributed by atoms with van der Waals surface area (Å²) in [5.74, 6) is 2.60. The number of rotatable bonds is 8. The maximum atomic E-state index is 13.6. The van der Waals surface area contributed by atoms with Crippen LogP contribution in [-0.4, -0.2) is 32.7 Å². The van der Waals surface area contributed by atoms with Crippen LogP contribution in [0.2, 0.25) is 5.15 Å². The summed E-state index contributed by atoms with van der Waals surface area (Å²) in [5, 5.41) is 7.46. The number of nitrogens with one attached hydrogen (secondary N) is 2. The van der Waals surface area contributed by atoms with Gasteiger partial charge in [0, 0.05) is 35.5 Å². The second-order valence-corrected chi connectivity index (χ2v) is 10.2. The summed E-state index contributed by atoms with van der Waals surface area (Å²) < 4.78 is 21.0. The van der Waals surface area contributed by atoms with Gasteiger partial charge in [0.1, 0.15) is 28.9 Å². The number of nitrogens with zero attached hydrogens (tertiary/aromatic N) is 4. The van der Waals surface area contributed by atoms with Crippen LogP contribution in [0.15, 0.2) is 55.0 Å². The van der Waals surface area contributed by atoms with Crippen LogP contribution in [0, 0.1) is 11.7 Å². The van der Waals surface area contributed by atoms with E-state index in [9.17, 15) is 4.39 Å². The number of imidazole rings is 1. The molecule has 2 aromatic carbocycles. The molecule has 0 bridgehead atoms. The van der Waals surface area contributed by atoms with E-state index in [0.29, 0.717) is 28.8 Å². The van der Waals surface area contributed by atoms with Crippen molar-refractivity contribution in [2.24, 2.45) is 5.92 Å². The molecule has 2 heterocycles. The SMILES string of the molecule is COc1cc(Nc2nc(N[C@@H](C)C3CC3)c3c(n2)C(c2ccc(F)cc2)CC3)ccc1-n1cnc(Cl)c1. The highest BCUT2D eigenvalue weighted by molar-refractivity contribution is 6.29. The first-order chi connectivity index (χ1) is 18.0. The molecule has 2 aromatic heterocycles. The number of halogens is 2. The van der Waals surface area contributed by atoms with Crippen molar-refractivity contribution in [3.8, 4) is 11.4 Å². The summed E-state index contributed by atoms with van der Waals surface area (Å²) in [4.78, 5) is 14.0. The molecule has 2 N–H and O–H groups in total. The Bertz CT molecular complexity index is 1440. The van der Waals surface area contributed by atoms with E-state index in [-0.39, 0.29) is 11.7 Å². The van der Waals surface area contributed by atoms with Crippen LogP contribution in [0.5, 0.6) is 5.75 Å². The van der Waals surface area contributed by atoms with Crippen molar-refractivity contribution in [2.45, 2.75) is 44.6 Å². The van der Waals surface area contributed by atoms with Gasteiger partial charge in [0.15, 0.2) is 0 Å². The third-order valence-electron chi connectivity index (χ3n) is 7.28. The lowest BCUT2D eigenvalue weighted by molar-refractivity contribution is 0.413. The van der Waals surface area contributed by atoms with Gasteiger partial charge >= 0.3 is 0 Å². The van der Waals surface area contributed by atoms with E-state index < -0.39 is 0 Å².